The summed E-state index contributed by atoms with van der Waals surface area (Å²) in [6, 6.07) is 0. The van der Waals surface area contributed by atoms with Gasteiger partial charge in [0.1, 0.15) is 10.6 Å². The van der Waals surface area contributed by atoms with Gasteiger partial charge in [0.15, 0.2) is 5.76 Å². The van der Waals surface area contributed by atoms with Crippen LogP contribution >= 0.6 is 0 Å². The van der Waals surface area contributed by atoms with Crippen molar-refractivity contribution >= 4 is 26.0 Å². The number of hydrogen-bond acceptors (Lipinski definition) is 7. The standard InChI is InChI=1S/C17H28N4O6S2/c1-13-16(14(2)27-18-13)29(25,26)20-9-5-7-19(10-11-20)17(22)15-6-4-8-21(12-15)28(3,23)24/h15H,4-12H2,1-3H3. The van der Waals surface area contributed by atoms with Gasteiger partial charge in [-0.25, -0.2) is 21.1 Å². The Kier molecular flexibility index (Phi) is 6.37. The molecule has 0 spiro atoms. The highest BCUT2D eigenvalue weighted by molar-refractivity contribution is 7.89. The van der Waals surface area contributed by atoms with Crippen molar-refractivity contribution in [2.24, 2.45) is 5.92 Å². The lowest BCUT2D eigenvalue weighted by Gasteiger charge is -2.33. The van der Waals surface area contributed by atoms with E-state index in [0.29, 0.717) is 44.6 Å². The van der Waals surface area contributed by atoms with Crippen molar-refractivity contribution in [1.29, 1.82) is 0 Å². The summed E-state index contributed by atoms with van der Waals surface area (Å²) in [4.78, 5) is 14.7. The van der Waals surface area contributed by atoms with Gasteiger partial charge < -0.3 is 9.42 Å². The highest BCUT2D eigenvalue weighted by atomic mass is 32.2. The molecule has 0 bridgehead atoms. The fourth-order valence-electron chi connectivity index (χ4n) is 4.03. The van der Waals surface area contributed by atoms with Crippen molar-refractivity contribution in [2.75, 3.05) is 45.5 Å². The highest BCUT2D eigenvalue weighted by Gasteiger charge is 2.36. The van der Waals surface area contributed by atoms with Crippen molar-refractivity contribution in [2.45, 2.75) is 38.0 Å². The average molecular weight is 449 g/mol. The SMILES string of the molecule is Cc1noc(C)c1S(=O)(=O)N1CCCN(C(=O)C2CCCN(S(C)(=O)=O)C2)CC1. The van der Waals surface area contributed by atoms with Gasteiger partial charge in [-0.15, -0.1) is 0 Å². The molecule has 3 heterocycles. The lowest BCUT2D eigenvalue weighted by Crippen LogP contribution is -2.47. The Morgan fingerprint density at radius 1 is 1.00 bits per heavy atom. The Hall–Kier alpha value is -1.50. The summed E-state index contributed by atoms with van der Waals surface area (Å²) in [6.45, 7) is 4.99. The van der Waals surface area contributed by atoms with Crippen molar-refractivity contribution in [3.63, 3.8) is 0 Å². The van der Waals surface area contributed by atoms with Gasteiger partial charge in [-0.1, -0.05) is 5.16 Å². The second-order valence-corrected chi connectivity index (χ2v) is 11.6. The van der Waals surface area contributed by atoms with Crippen LogP contribution in [0.3, 0.4) is 0 Å². The van der Waals surface area contributed by atoms with E-state index in [1.54, 1.807) is 18.7 Å². The van der Waals surface area contributed by atoms with Gasteiger partial charge in [0.2, 0.25) is 26.0 Å². The maximum Gasteiger partial charge on any atom is 0.248 e. The van der Waals surface area contributed by atoms with Crippen LogP contribution in [-0.4, -0.2) is 86.9 Å². The number of hydrogen-bond donors (Lipinski definition) is 0. The second-order valence-electron chi connectivity index (χ2n) is 7.70. The molecule has 3 rings (SSSR count). The molecular formula is C17H28N4O6S2. The Morgan fingerprint density at radius 3 is 2.31 bits per heavy atom. The van der Waals surface area contributed by atoms with E-state index in [4.69, 9.17) is 4.52 Å². The van der Waals surface area contributed by atoms with Gasteiger partial charge in [0.25, 0.3) is 0 Å². The van der Waals surface area contributed by atoms with Crippen LogP contribution in [0.1, 0.15) is 30.7 Å². The van der Waals surface area contributed by atoms with E-state index in [0.717, 1.165) is 6.26 Å². The Bertz CT molecular complexity index is 953. The molecule has 0 saturated carbocycles. The first-order valence-electron chi connectivity index (χ1n) is 9.68. The third-order valence-corrected chi connectivity index (χ3v) is 8.95. The number of nitrogens with zero attached hydrogens (tertiary/aromatic N) is 4. The summed E-state index contributed by atoms with van der Waals surface area (Å²) in [7, 11) is -7.09. The molecule has 1 amide bonds. The van der Waals surface area contributed by atoms with E-state index in [2.05, 4.69) is 5.16 Å². The topological polar surface area (TPSA) is 121 Å². The van der Waals surface area contributed by atoms with Gasteiger partial charge in [0, 0.05) is 39.3 Å². The van der Waals surface area contributed by atoms with E-state index >= 15 is 0 Å². The van der Waals surface area contributed by atoms with Gasteiger partial charge in [-0.05, 0) is 33.1 Å². The molecule has 0 aromatic carbocycles. The molecule has 2 aliphatic rings. The summed E-state index contributed by atoms with van der Waals surface area (Å²) in [5, 5.41) is 3.73. The Labute approximate surface area is 171 Å². The lowest BCUT2D eigenvalue weighted by atomic mass is 9.98. The van der Waals surface area contributed by atoms with E-state index < -0.39 is 20.0 Å². The second kappa shape index (κ2) is 8.32. The molecule has 0 N–H and O–H groups in total. The summed E-state index contributed by atoms with van der Waals surface area (Å²) in [5.41, 5.74) is 0.322. The molecule has 12 heteroatoms. The van der Waals surface area contributed by atoms with Gasteiger partial charge in [-0.2, -0.15) is 4.31 Å². The highest BCUT2D eigenvalue weighted by Crippen LogP contribution is 2.25. The third kappa shape index (κ3) is 4.65. The molecule has 29 heavy (non-hydrogen) atoms. The minimum Gasteiger partial charge on any atom is -0.360 e. The lowest BCUT2D eigenvalue weighted by molar-refractivity contribution is -0.136. The van der Waals surface area contributed by atoms with E-state index in [9.17, 15) is 21.6 Å². The first-order valence-corrected chi connectivity index (χ1v) is 13.0. The molecule has 164 valence electrons. The smallest absolute Gasteiger partial charge is 0.248 e. The number of carbonyl (C=O) groups excluding carboxylic acids is 1. The fourth-order valence-corrected chi connectivity index (χ4v) is 6.70. The van der Waals surface area contributed by atoms with Crippen LogP contribution in [0.2, 0.25) is 0 Å². The molecule has 1 aromatic rings. The quantitative estimate of drug-likeness (QED) is 0.644. The minimum atomic E-state index is -3.75. The van der Waals surface area contributed by atoms with Crippen LogP contribution in [0, 0.1) is 19.8 Å². The molecule has 0 radical (unpaired) electrons. The molecule has 2 saturated heterocycles. The number of piperidine rings is 1. The first-order chi connectivity index (χ1) is 13.5. The van der Waals surface area contributed by atoms with Crippen molar-refractivity contribution < 1.29 is 26.2 Å². The zero-order valence-electron chi connectivity index (χ0n) is 17.0. The summed E-state index contributed by atoms with van der Waals surface area (Å²) in [5.74, 6) is -0.234. The van der Waals surface area contributed by atoms with Crippen LogP contribution in [0.4, 0.5) is 0 Å². The maximum atomic E-state index is 13.0. The molecule has 2 fully saturated rings. The minimum absolute atomic E-state index is 0.0911. The molecule has 1 aromatic heterocycles. The number of amides is 1. The summed E-state index contributed by atoms with van der Waals surface area (Å²) < 4.78 is 57.4. The summed E-state index contributed by atoms with van der Waals surface area (Å²) in [6.07, 6.45) is 2.95. The molecular weight excluding hydrogens is 420 g/mol. The van der Waals surface area contributed by atoms with Crippen molar-refractivity contribution in [1.82, 2.24) is 18.7 Å². The van der Waals surface area contributed by atoms with E-state index in [1.165, 1.54) is 8.61 Å². The van der Waals surface area contributed by atoms with Crippen LogP contribution < -0.4 is 0 Å². The van der Waals surface area contributed by atoms with Crippen molar-refractivity contribution in [3.8, 4) is 0 Å². The van der Waals surface area contributed by atoms with E-state index in [1.807, 2.05) is 0 Å². The first kappa shape index (κ1) is 22.2. The molecule has 2 aliphatic heterocycles. The largest absolute Gasteiger partial charge is 0.360 e. The maximum absolute atomic E-state index is 13.0. The zero-order valence-corrected chi connectivity index (χ0v) is 18.6. The monoisotopic (exact) mass is 448 g/mol. The number of aromatic nitrogens is 1. The van der Waals surface area contributed by atoms with E-state index in [-0.39, 0.29) is 42.1 Å². The van der Waals surface area contributed by atoms with Gasteiger partial charge >= 0.3 is 0 Å². The van der Waals surface area contributed by atoms with Gasteiger partial charge in [-0.3, -0.25) is 4.79 Å². The Morgan fingerprint density at radius 2 is 1.69 bits per heavy atom. The third-order valence-electron chi connectivity index (χ3n) is 5.53. The number of sulfonamides is 2. The predicted octanol–water partition coefficient (Wildman–Crippen LogP) is 0.186. The van der Waals surface area contributed by atoms with Crippen molar-refractivity contribution in [3.05, 3.63) is 11.5 Å². The van der Waals surface area contributed by atoms with Gasteiger partial charge in [0.05, 0.1) is 12.2 Å². The predicted molar refractivity (Wildman–Crippen MR) is 105 cm³/mol. The molecule has 10 nitrogen and oxygen atoms in total. The molecule has 0 aliphatic carbocycles. The molecule has 1 atom stereocenters. The number of rotatable bonds is 4. The zero-order chi connectivity index (χ0) is 21.4. The van der Waals surface area contributed by atoms with Crippen LogP contribution in [0.25, 0.3) is 0 Å². The van der Waals surface area contributed by atoms with Crippen LogP contribution in [-0.2, 0) is 24.8 Å². The Balaban J connectivity index is 1.69. The number of carbonyl (C=O) groups is 1. The number of aryl methyl sites for hydroxylation is 2. The summed E-state index contributed by atoms with van der Waals surface area (Å²) >= 11 is 0. The average Bonchev–Trinajstić information content (AvgIpc) is 2.85. The van der Waals surface area contributed by atoms with Crippen LogP contribution in [0.15, 0.2) is 9.42 Å². The van der Waals surface area contributed by atoms with Crippen LogP contribution in [0.5, 0.6) is 0 Å². The fraction of sp³-hybridized carbons (Fsp3) is 0.765. The molecule has 1 unspecified atom stereocenters. The normalized spacial score (nSPS) is 23.1.